The quantitative estimate of drug-likeness (QED) is 0.565. The summed E-state index contributed by atoms with van der Waals surface area (Å²) in [6.07, 6.45) is 5.74. The standard InChI is InChI=1S/C20H25N5O3S/c1-24-17(12-21-23-24)18-13-29-20(25(18)9-10-28-14-5-4-6-14)22-16-11-15(26-2)7-8-19(16)27-3/h7-8,11-14H,4-6,9-10H2,1-3H3. The van der Waals surface area contributed by atoms with Gasteiger partial charge >= 0.3 is 0 Å². The van der Waals surface area contributed by atoms with E-state index in [2.05, 4.69) is 20.3 Å². The fraction of sp³-hybridized carbons (Fsp3) is 0.450. The van der Waals surface area contributed by atoms with Crippen LogP contribution in [-0.2, 0) is 18.3 Å². The molecule has 154 valence electrons. The summed E-state index contributed by atoms with van der Waals surface area (Å²) in [5, 5.41) is 10.2. The van der Waals surface area contributed by atoms with Gasteiger partial charge in [-0.25, -0.2) is 9.67 Å². The minimum Gasteiger partial charge on any atom is -0.497 e. The van der Waals surface area contributed by atoms with Gasteiger partial charge in [0, 0.05) is 25.0 Å². The number of nitrogens with zero attached hydrogens (tertiary/aromatic N) is 5. The first-order valence-corrected chi connectivity index (χ1v) is 10.5. The molecule has 0 radical (unpaired) electrons. The molecular formula is C20H25N5O3S. The van der Waals surface area contributed by atoms with Crippen LogP contribution in [0.25, 0.3) is 11.4 Å². The molecule has 0 amide bonds. The van der Waals surface area contributed by atoms with Crippen LogP contribution in [0.15, 0.2) is 34.8 Å². The van der Waals surface area contributed by atoms with E-state index < -0.39 is 0 Å². The summed E-state index contributed by atoms with van der Waals surface area (Å²) < 4.78 is 20.8. The number of thiazole rings is 1. The molecule has 9 heteroatoms. The van der Waals surface area contributed by atoms with Gasteiger partial charge in [-0.2, -0.15) is 0 Å². The predicted octanol–water partition coefficient (Wildman–Crippen LogP) is 3.16. The van der Waals surface area contributed by atoms with Crippen molar-refractivity contribution in [3.05, 3.63) is 34.6 Å². The minimum atomic E-state index is 0.398. The monoisotopic (exact) mass is 415 g/mol. The van der Waals surface area contributed by atoms with Crippen LogP contribution in [0.3, 0.4) is 0 Å². The highest BCUT2D eigenvalue weighted by molar-refractivity contribution is 7.07. The van der Waals surface area contributed by atoms with Gasteiger partial charge in [-0.1, -0.05) is 5.21 Å². The Kier molecular flexibility index (Phi) is 5.96. The van der Waals surface area contributed by atoms with E-state index in [0.717, 1.165) is 40.5 Å². The topological polar surface area (TPSA) is 75.7 Å². The van der Waals surface area contributed by atoms with Crippen LogP contribution in [-0.4, -0.2) is 46.5 Å². The summed E-state index contributed by atoms with van der Waals surface area (Å²) in [5.74, 6) is 1.43. The molecule has 3 aromatic rings. The number of benzene rings is 1. The Labute approximate surface area is 173 Å². The predicted molar refractivity (Wildman–Crippen MR) is 111 cm³/mol. The van der Waals surface area contributed by atoms with E-state index in [1.165, 1.54) is 6.42 Å². The summed E-state index contributed by atoms with van der Waals surface area (Å²) >= 11 is 1.56. The Balaban J connectivity index is 1.73. The highest BCUT2D eigenvalue weighted by Gasteiger charge is 2.18. The maximum atomic E-state index is 6.00. The number of hydrogen-bond donors (Lipinski definition) is 0. The van der Waals surface area contributed by atoms with E-state index in [9.17, 15) is 0 Å². The SMILES string of the molecule is COc1ccc(OC)c(N=c2scc(-c3cnnn3C)n2CCOC2CCC2)c1. The Bertz CT molecular complexity index is 1030. The Morgan fingerprint density at radius 3 is 2.72 bits per heavy atom. The van der Waals surface area contributed by atoms with Gasteiger partial charge in [0.05, 0.1) is 38.8 Å². The molecule has 8 nitrogen and oxygen atoms in total. The molecule has 0 bridgehead atoms. The van der Waals surface area contributed by atoms with Crippen molar-refractivity contribution in [1.29, 1.82) is 0 Å². The molecule has 2 heterocycles. The van der Waals surface area contributed by atoms with Crippen LogP contribution < -0.4 is 14.3 Å². The van der Waals surface area contributed by atoms with Crippen molar-refractivity contribution in [1.82, 2.24) is 19.6 Å². The van der Waals surface area contributed by atoms with Crippen molar-refractivity contribution in [2.75, 3.05) is 20.8 Å². The molecule has 4 rings (SSSR count). The second-order valence-electron chi connectivity index (χ2n) is 6.87. The van der Waals surface area contributed by atoms with Crippen molar-refractivity contribution in [2.24, 2.45) is 12.0 Å². The average Bonchev–Trinajstić information content (AvgIpc) is 3.29. The molecule has 0 unspecified atom stereocenters. The second kappa shape index (κ2) is 8.79. The lowest BCUT2D eigenvalue weighted by Gasteiger charge is -2.25. The molecule has 1 aliphatic rings. The van der Waals surface area contributed by atoms with Crippen LogP contribution in [0.4, 0.5) is 5.69 Å². The van der Waals surface area contributed by atoms with E-state index in [4.69, 9.17) is 19.2 Å². The van der Waals surface area contributed by atoms with Gasteiger partial charge in [-0.15, -0.1) is 16.4 Å². The molecule has 1 aliphatic carbocycles. The molecule has 0 aliphatic heterocycles. The normalized spacial score (nSPS) is 14.8. The van der Waals surface area contributed by atoms with E-state index in [1.807, 2.05) is 25.2 Å². The van der Waals surface area contributed by atoms with Gasteiger partial charge < -0.3 is 18.8 Å². The van der Waals surface area contributed by atoms with E-state index in [-0.39, 0.29) is 0 Å². The highest BCUT2D eigenvalue weighted by Crippen LogP contribution is 2.31. The molecule has 1 aromatic carbocycles. The summed E-state index contributed by atoms with van der Waals surface area (Å²) in [6, 6.07) is 5.60. The van der Waals surface area contributed by atoms with Gasteiger partial charge in [0.2, 0.25) is 0 Å². The first-order valence-electron chi connectivity index (χ1n) is 9.61. The van der Waals surface area contributed by atoms with Crippen LogP contribution in [0.1, 0.15) is 19.3 Å². The third-order valence-corrected chi connectivity index (χ3v) is 5.96. The number of hydrogen-bond acceptors (Lipinski definition) is 7. The zero-order chi connectivity index (χ0) is 20.2. The molecule has 29 heavy (non-hydrogen) atoms. The zero-order valence-corrected chi connectivity index (χ0v) is 17.7. The lowest BCUT2D eigenvalue weighted by molar-refractivity contribution is -0.00141. The smallest absolute Gasteiger partial charge is 0.190 e. The molecule has 1 saturated carbocycles. The molecule has 2 aromatic heterocycles. The lowest BCUT2D eigenvalue weighted by Crippen LogP contribution is -2.26. The van der Waals surface area contributed by atoms with Crippen LogP contribution in [0, 0.1) is 0 Å². The number of ether oxygens (including phenoxy) is 3. The Morgan fingerprint density at radius 2 is 2.07 bits per heavy atom. The van der Waals surface area contributed by atoms with Crippen LogP contribution >= 0.6 is 11.3 Å². The number of methoxy groups -OCH3 is 2. The van der Waals surface area contributed by atoms with Gasteiger partial charge in [0.1, 0.15) is 22.9 Å². The number of rotatable bonds is 8. The molecule has 0 N–H and O–H groups in total. The van der Waals surface area contributed by atoms with Gasteiger partial charge in [0.15, 0.2) is 4.80 Å². The Hall–Kier alpha value is -2.65. The van der Waals surface area contributed by atoms with Crippen molar-refractivity contribution in [2.45, 2.75) is 31.9 Å². The van der Waals surface area contributed by atoms with Crippen LogP contribution in [0.2, 0.25) is 0 Å². The molecule has 1 fully saturated rings. The van der Waals surface area contributed by atoms with E-state index in [0.29, 0.717) is 25.0 Å². The van der Waals surface area contributed by atoms with Crippen molar-refractivity contribution in [3.63, 3.8) is 0 Å². The summed E-state index contributed by atoms with van der Waals surface area (Å²) in [7, 11) is 5.17. The van der Waals surface area contributed by atoms with E-state index >= 15 is 0 Å². The maximum Gasteiger partial charge on any atom is 0.190 e. The molecule has 0 spiro atoms. The summed E-state index contributed by atoms with van der Waals surface area (Å²) in [5.41, 5.74) is 2.67. The summed E-state index contributed by atoms with van der Waals surface area (Å²) in [6.45, 7) is 1.34. The van der Waals surface area contributed by atoms with E-state index in [1.54, 1.807) is 36.4 Å². The van der Waals surface area contributed by atoms with Crippen molar-refractivity contribution < 1.29 is 14.2 Å². The lowest BCUT2D eigenvalue weighted by atomic mass is 9.96. The Morgan fingerprint density at radius 1 is 1.21 bits per heavy atom. The third-order valence-electron chi connectivity index (χ3n) is 5.10. The third kappa shape index (κ3) is 4.20. The minimum absolute atomic E-state index is 0.398. The zero-order valence-electron chi connectivity index (χ0n) is 16.9. The average molecular weight is 416 g/mol. The molecule has 0 atom stereocenters. The van der Waals surface area contributed by atoms with Gasteiger partial charge in [0.25, 0.3) is 0 Å². The first-order chi connectivity index (χ1) is 14.2. The number of aromatic nitrogens is 4. The van der Waals surface area contributed by atoms with Crippen molar-refractivity contribution in [3.8, 4) is 22.9 Å². The summed E-state index contributed by atoms with van der Waals surface area (Å²) in [4.78, 5) is 5.74. The largest absolute Gasteiger partial charge is 0.497 e. The first kappa shape index (κ1) is 19.7. The maximum absolute atomic E-state index is 6.00. The van der Waals surface area contributed by atoms with Gasteiger partial charge in [-0.3, -0.25) is 0 Å². The van der Waals surface area contributed by atoms with Gasteiger partial charge in [-0.05, 0) is 31.4 Å². The van der Waals surface area contributed by atoms with Crippen LogP contribution in [0.5, 0.6) is 11.5 Å². The second-order valence-corrected chi connectivity index (χ2v) is 7.71. The highest BCUT2D eigenvalue weighted by atomic mass is 32.1. The molecular weight excluding hydrogens is 390 g/mol. The molecule has 0 saturated heterocycles. The van der Waals surface area contributed by atoms with Crippen molar-refractivity contribution >= 4 is 17.0 Å². The fourth-order valence-corrected chi connectivity index (χ4v) is 4.13. The fourth-order valence-electron chi connectivity index (χ4n) is 3.20. The number of aryl methyl sites for hydroxylation is 1.